The maximum Gasteiger partial charge on any atom is 0.289 e. The molecule has 0 aromatic heterocycles. The van der Waals surface area contributed by atoms with E-state index in [-0.39, 0.29) is 23.5 Å². The normalized spacial score (nSPS) is 16.1. The third-order valence-corrected chi connectivity index (χ3v) is 6.20. The fourth-order valence-electron chi connectivity index (χ4n) is 3.33. The van der Waals surface area contributed by atoms with Crippen molar-refractivity contribution in [1.82, 2.24) is 4.90 Å². The van der Waals surface area contributed by atoms with Gasteiger partial charge in [0.1, 0.15) is 18.2 Å². The molecular weight excluding hydrogens is 413 g/mol. The molecule has 6 heteroatoms. The molecule has 0 spiro atoms. The van der Waals surface area contributed by atoms with E-state index < -0.39 is 5.25 Å². The lowest BCUT2D eigenvalue weighted by molar-refractivity contribution is -0.127. The lowest BCUT2D eigenvalue weighted by Crippen LogP contribution is -2.31. The summed E-state index contributed by atoms with van der Waals surface area (Å²) >= 11 is 1.04. The minimum atomic E-state index is -0.452. The Morgan fingerprint density at radius 2 is 1.48 bits per heavy atom. The predicted molar refractivity (Wildman–Crippen MR) is 119 cm³/mol. The lowest BCUT2D eigenvalue weighted by atomic mass is 10.1. The molecule has 1 fully saturated rings. The van der Waals surface area contributed by atoms with Gasteiger partial charge in [0.05, 0.1) is 11.8 Å². The van der Waals surface area contributed by atoms with Crippen LogP contribution in [0.3, 0.4) is 0 Å². The number of hydrogen-bond acceptors (Lipinski definition) is 4. The number of aryl methyl sites for hydroxylation is 1. The second-order valence-electron chi connectivity index (χ2n) is 7.55. The molecule has 0 radical (unpaired) electrons. The van der Waals surface area contributed by atoms with Gasteiger partial charge in [0.2, 0.25) is 5.91 Å². The monoisotopic (exact) mass is 435 g/mol. The Morgan fingerprint density at radius 1 is 0.871 bits per heavy atom. The van der Waals surface area contributed by atoms with Gasteiger partial charge in [-0.05, 0) is 54.3 Å². The molecule has 1 aliphatic rings. The van der Waals surface area contributed by atoms with Crippen LogP contribution >= 0.6 is 11.8 Å². The molecule has 0 aliphatic carbocycles. The van der Waals surface area contributed by atoms with Crippen molar-refractivity contribution < 1.29 is 18.7 Å². The molecule has 3 aromatic carbocycles. The van der Waals surface area contributed by atoms with Gasteiger partial charge in [-0.25, -0.2) is 4.39 Å². The summed E-state index contributed by atoms with van der Waals surface area (Å²) in [4.78, 5) is 26.3. The van der Waals surface area contributed by atoms with E-state index in [1.165, 1.54) is 22.6 Å². The molecule has 2 amide bonds. The van der Waals surface area contributed by atoms with Crippen LogP contribution < -0.4 is 4.74 Å². The Labute approximate surface area is 185 Å². The Hall–Kier alpha value is -3.12. The number of nitrogens with zero attached hydrogens (tertiary/aromatic N) is 1. The number of carbonyl (C=O) groups is 2. The fourth-order valence-corrected chi connectivity index (χ4v) is 4.36. The van der Waals surface area contributed by atoms with Crippen molar-refractivity contribution in [2.75, 3.05) is 0 Å². The van der Waals surface area contributed by atoms with Gasteiger partial charge in [-0.15, -0.1) is 0 Å². The van der Waals surface area contributed by atoms with Crippen LogP contribution in [0.25, 0.3) is 0 Å². The number of rotatable bonds is 7. The van der Waals surface area contributed by atoms with Gasteiger partial charge >= 0.3 is 0 Å². The highest BCUT2D eigenvalue weighted by Gasteiger charge is 2.39. The molecule has 0 unspecified atom stereocenters. The molecule has 4 nitrogen and oxygen atoms in total. The van der Waals surface area contributed by atoms with E-state index >= 15 is 0 Å². The quantitative estimate of drug-likeness (QED) is 0.490. The molecule has 31 heavy (non-hydrogen) atoms. The molecule has 1 aliphatic heterocycles. The maximum absolute atomic E-state index is 13.1. The van der Waals surface area contributed by atoms with Crippen LogP contribution in [-0.2, 0) is 24.4 Å². The molecule has 1 saturated heterocycles. The number of carbonyl (C=O) groups excluding carboxylic acids is 2. The average molecular weight is 436 g/mol. The Balaban J connectivity index is 1.33. The Morgan fingerprint density at radius 3 is 2.16 bits per heavy atom. The summed E-state index contributed by atoms with van der Waals surface area (Å²) in [6.45, 7) is 2.70. The minimum Gasteiger partial charge on any atom is -0.489 e. The number of benzene rings is 3. The van der Waals surface area contributed by atoms with Crippen molar-refractivity contribution in [3.05, 3.63) is 101 Å². The smallest absolute Gasteiger partial charge is 0.289 e. The molecule has 3 aromatic rings. The average Bonchev–Trinajstić information content (AvgIpc) is 3.03. The van der Waals surface area contributed by atoms with Gasteiger partial charge in [-0.1, -0.05) is 65.9 Å². The zero-order chi connectivity index (χ0) is 21.8. The van der Waals surface area contributed by atoms with E-state index in [0.717, 1.165) is 34.2 Å². The van der Waals surface area contributed by atoms with Gasteiger partial charge in [0.25, 0.3) is 5.24 Å². The largest absolute Gasteiger partial charge is 0.489 e. The SMILES string of the molecule is Cc1ccc(COc2ccc(C[C@H]3SC(=O)N(Cc4ccc(F)cc4)C3=O)cc2)cc1. The van der Waals surface area contributed by atoms with Crippen LogP contribution in [0, 0.1) is 12.7 Å². The van der Waals surface area contributed by atoms with Crippen LogP contribution in [0.2, 0.25) is 0 Å². The number of thioether (sulfide) groups is 1. The summed E-state index contributed by atoms with van der Waals surface area (Å²) in [6, 6.07) is 21.6. The van der Waals surface area contributed by atoms with Gasteiger partial charge in [0.15, 0.2) is 0 Å². The summed E-state index contributed by atoms with van der Waals surface area (Å²) in [7, 11) is 0. The van der Waals surface area contributed by atoms with Crippen molar-refractivity contribution >= 4 is 22.9 Å². The van der Waals surface area contributed by atoms with Crippen molar-refractivity contribution in [1.29, 1.82) is 0 Å². The summed E-state index contributed by atoms with van der Waals surface area (Å²) < 4.78 is 18.9. The van der Waals surface area contributed by atoms with Crippen LogP contribution in [-0.4, -0.2) is 21.3 Å². The Bertz CT molecular complexity index is 1070. The van der Waals surface area contributed by atoms with Crippen LogP contribution in [0.1, 0.15) is 22.3 Å². The van der Waals surface area contributed by atoms with E-state index in [1.54, 1.807) is 12.1 Å². The molecule has 0 N–H and O–H groups in total. The standard InChI is InChI=1S/C25H22FNO3S/c1-17-2-4-20(5-3-17)16-30-22-12-8-18(9-13-22)14-23-24(28)27(25(29)31-23)15-19-6-10-21(26)11-7-19/h2-13,23H,14-16H2,1H3/t23-/m1/s1. The van der Waals surface area contributed by atoms with E-state index in [1.807, 2.05) is 43.3 Å². The van der Waals surface area contributed by atoms with Crippen molar-refractivity contribution in [2.45, 2.75) is 31.7 Å². The summed E-state index contributed by atoms with van der Waals surface area (Å²) in [5.74, 6) is 0.198. The summed E-state index contributed by atoms with van der Waals surface area (Å²) in [6.07, 6.45) is 0.466. The molecule has 1 atom stereocenters. The molecule has 4 rings (SSSR count). The van der Waals surface area contributed by atoms with Crippen LogP contribution in [0.5, 0.6) is 5.75 Å². The zero-order valence-corrected chi connectivity index (χ0v) is 17.9. The first kappa shape index (κ1) is 21.1. The van der Waals surface area contributed by atoms with E-state index in [9.17, 15) is 14.0 Å². The van der Waals surface area contributed by atoms with Gasteiger partial charge < -0.3 is 4.74 Å². The predicted octanol–water partition coefficient (Wildman–Crippen LogP) is 5.52. The van der Waals surface area contributed by atoms with E-state index in [0.29, 0.717) is 13.0 Å². The summed E-state index contributed by atoms with van der Waals surface area (Å²) in [5, 5.41) is -0.718. The van der Waals surface area contributed by atoms with Gasteiger partial charge in [0, 0.05) is 0 Å². The van der Waals surface area contributed by atoms with Crippen molar-refractivity contribution in [3.63, 3.8) is 0 Å². The van der Waals surface area contributed by atoms with Gasteiger partial charge in [-0.2, -0.15) is 0 Å². The van der Waals surface area contributed by atoms with Gasteiger partial charge in [-0.3, -0.25) is 14.5 Å². The van der Waals surface area contributed by atoms with Crippen LogP contribution in [0.15, 0.2) is 72.8 Å². The second kappa shape index (κ2) is 9.35. The molecular formula is C25H22FNO3S. The zero-order valence-electron chi connectivity index (χ0n) is 17.1. The highest BCUT2D eigenvalue weighted by Crippen LogP contribution is 2.31. The van der Waals surface area contributed by atoms with E-state index in [2.05, 4.69) is 12.1 Å². The van der Waals surface area contributed by atoms with E-state index in [4.69, 9.17) is 4.74 Å². The second-order valence-corrected chi connectivity index (χ2v) is 8.70. The number of halogens is 1. The third-order valence-electron chi connectivity index (χ3n) is 5.13. The minimum absolute atomic E-state index is 0.160. The Kier molecular flexibility index (Phi) is 6.37. The molecule has 158 valence electrons. The molecule has 1 heterocycles. The number of hydrogen-bond donors (Lipinski definition) is 0. The molecule has 0 saturated carbocycles. The third kappa shape index (κ3) is 5.33. The van der Waals surface area contributed by atoms with Crippen LogP contribution in [0.4, 0.5) is 9.18 Å². The summed E-state index contributed by atoms with van der Waals surface area (Å²) in [5.41, 5.74) is 3.99. The maximum atomic E-state index is 13.1. The van der Waals surface area contributed by atoms with Crippen molar-refractivity contribution in [3.8, 4) is 5.75 Å². The number of amides is 2. The first-order valence-corrected chi connectivity index (χ1v) is 10.9. The number of ether oxygens (including phenoxy) is 1. The lowest BCUT2D eigenvalue weighted by Gasteiger charge is -2.14. The fraction of sp³-hybridized carbons (Fsp3) is 0.200. The first-order chi connectivity index (χ1) is 15.0. The number of imide groups is 1. The topological polar surface area (TPSA) is 46.6 Å². The highest BCUT2D eigenvalue weighted by molar-refractivity contribution is 8.15. The van der Waals surface area contributed by atoms with Crippen molar-refractivity contribution in [2.24, 2.45) is 0 Å². The molecule has 0 bridgehead atoms. The first-order valence-electron chi connectivity index (χ1n) is 10.0. The highest BCUT2D eigenvalue weighted by atomic mass is 32.2.